The Kier molecular flexibility index (Phi) is 2.13. The van der Waals surface area contributed by atoms with E-state index in [2.05, 4.69) is 11.1 Å². The summed E-state index contributed by atoms with van der Waals surface area (Å²) in [6.45, 7) is 2.39. The predicted octanol–water partition coefficient (Wildman–Crippen LogP) is 1.23. The van der Waals surface area contributed by atoms with Crippen LogP contribution in [0.15, 0.2) is 0 Å². The van der Waals surface area contributed by atoms with Crippen molar-refractivity contribution in [1.82, 2.24) is 0 Å². The highest BCUT2D eigenvalue weighted by atomic mass is 32.3. The summed E-state index contributed by atoms with van der Waals surface area (Å²) in [5.74, 6) is 0.678. The van der Waals surface area contributed by atoms with Gasteiger partial charge in [-0.3, -0.25) is 0 Å². The van der Waals surface area contributed by atoms with Crippen LogP contribution in [0.2, 0.25) is 0 Å². The van der Waals surface area contributed by atoms with Crippen LogP contribution in [0.4, 0.5) is 0 Å². The van der Waals surface area contributed by atoms with Crippen molar-refractivity contribution < 1.29 is 16.8 Å². The highest BCUT2D eigenvalue weighted by Gasteiger charge is 2.46. The summed E-state index contributed by atoms with van der Waals surface area (Å²) in [4.78, 5) is 0. The Morgan fingerprint density at radius 1 is 1.31 bits per heavy atom. The molecule has 5 heteroatoms. The van der Waals surface area contributed by atoms with Gasteiger partial charge >= 0.3 is 10.4 Å². The van der Waals surface area contributed by atoms with E-state index in [-0.39, 0.29) is 6.61 Å². The Hall–Kier alpha value is -0.130. The highest BCUT2D eigenvalue weighted by Crippen LogP contribution is 2.39. The summed E-state index contributed by atoms with van der Waals surface area (Å²) in [5.41, 5.74) is -0.522. The zero-order chi connectivity index (χ0) is 9.53. The first-order valence-corrected chi connectivity index (χ1v) is 5.95. The molecule has 1 spiro atoms. The maximum atomic E-state index is 10.9. The van der Waals surface area contributed by atoms with E-state index in [4.69, 9.17) is 4.18 Å². The minimum absolute atomic E-state index is 0.210. The number of rotatable bonds is 0. The fourth-order valence-electron chi connectivity index (χ4n) is 1.96. The molecule has 0 radical (unpaired) electrons. The molecule has 1 aliphatic carbocycles. The van der Waals surface area contributed by atoms with Crippen LogP contribution in [0, 0.1) is 5.92 Å². The first-order valence-electron chi connectivity index (χ1n) is 4.61. The lowest BCUT2D eigenvalue weighted by Gasteiger charge is -2.31. The van der Waals surface area contributed by atoms with Crippen LogP contribution in [0.5, 0.6) is 0 Å². The monoisotopic (exact) mass is 206 g/mol. The maximum Gasteiger partial charge on any atom is 0.400 e. The Balaban J connectivity index is 2.08. The van der Waals surface area contributed by atoms with Gasteiger partial charge in [-0.2, -0.15) is 8.42 Å². The molecule has 0 aromatic carbocycles. The fraction of sp³-hybridized carbons (Fsp3) is 1.00. The average molecular weight is 206 g/mol. The van der Waals surface area contributed by atoms with Crippen molar-refractivity contribution in [2.75, 3.05) is 6.61 Å². The van der Waals surface area contributed by atoms with Crippen molar-refractivity contribution in [3.63, 3.8) is 0 Å². The second-order valence-corrected chi connectivity index (χ2v) is 5.34. The van der Waals surface area contributed by atoms with Gasteiger partial charge in [-0.1, -0.05) is 6.92 Å². The summed E-state index contributed by atoms with van der Waals surface area (Å²) in [5, 5.41) is 0. The van der Waals surface area contributed by atoms with Gasteiger partial charge < -0.3 is 0 Å². The van der Waals surface area contributed by atoms with E-state index >= 15 is 0 Å². The van der Waals surface area contributed by atoms with Crippen molar-refractivity contribution >= 4 is 10.4 Å². The van der Waals surface area contributed by atoms with Gasteiger partial charge in [0, 0.05) is 0 Å². The van der Waals surface area contributed by atoms with Gasteiger partial charge in [0.05, 0.1) is 6.61 Å². The zero-order valence-electron chi connectivity index (χ0n) is 7.65. The molecular weight excluding hydrogens is 192 g/mol. The van der Waals surface area contributed by atoms with E-state index in [9.17, 15) is 8.42 Å². The molecule has 1 aliphatic heterocycles. The molecule has 0 unspecified atom stereocenters. The number of hydrogen-bond acceptors (Lipinski definition) is 4. The Morgan fingerprint density at radius 3 is 2.38 bits per heavy atom. The lowest BCUT2D eigenvalue weighted by molar-refractivity contribution is 0.0387. The molecule has 0 atom stereocenters. The summed E-state index contributed by atoms with van der Waals surface area (Å²) in [7, 11) is -3.67. The third-order valence-electron chi connectivity index (χ3n) is 2.93. The first kappa shape index (κ1) is 9.43. The van der Waals surface area contributed by atoms with Gasteiger partial charge in [0.25, 0.3) is 0 Å². The molecule has 0 aromatic heterocycles. The molecule has 4 nitrogen and oxygen atoms in total. The molecule has 1 saturated heterocycles. The summed E-state index contributed by atoms with van der Waals surface area (Å²) < 4.78 is 31.5. The third kappa shape index (κ3) is 1.87. The molecule has 2 fully saturated rings. The number of hydrogen-bond donors (Lipinski definition) is 0. The predicted molar refractivity (Wildman–Crippen MR) is 46.3 cm³/mol. The average Bonchev–Trinajstić information content (AvgIpc) is 2.35. The fourth-order valence-corrected chi connectivity index (χ4v) is 3.02. The highest BCUT2D eigenvalue weighted by molar-refractivity contribution is 7.82. The molecule has 13 heavy (non-hydrogen) atoms. The molecule has 1 heterocycles. The molecule has 2 rings (SSSR count). The van der Waals surface area contributed by atoms with Gasteiger partial charge in [0.15, 0.2) is 0 Å². The minimum atomic E-state index is -3.67. The second kappa shape index (κ2) is 2.93. The topological polar surface area (TPSA) is 52.6 Å². The standard InChI is InChI=1S/C8H14O4S/c1-7-2-4-8(5-3-7)6-11-13(9,10)12-8/h7H,2-6H2,1H3. The quantitative estimate of drug-likeness (QED) is 0.598. The third-order valence-corrected chi connectivity index (χ3v) is 3.89. The van der Waals surface area contributed by atoms with E-state index in [1.54, 1.807) is 0 Å². The van der Waals surface area contributed by atoms with E-state index in [1.165, 1.54) is 0 Å². The molecule has 0 amide bonds. The first-order chi connectivity index (χ1) is 6.02. The molecule has 76 valence electrons. The zero-order valence-corrected chi connectivity index (χ0v) is 8.47. The smallest absolute Gasteiger partial charge is 0.245 e. The summed E-state index contributed by atoms with van der Waals surface area (Å²) in [6, 6.07) is 0. The second-order valence-electron chi connectivity index (χ2n) is 4.12. The molecule has 0 N–H and O–H groups in total. The van der Waals surface area contributed by atoms with Crippen LogP contribution in [-0.2, 0) is 18.8 Å². The van der Waals surface area contributed by atoms with Crippen LogP contribution in [-0.4, -0.2) is 20.6 Å². The molecule has 0 bridgehead atoms. The molecule has 1 saturated carbocycles. The van der Waals surface area contributed by atoms with Gasteiger partial charge in [-0.25, -0.2) is 8.37 Å². The van der Waals surface area contributed by atoms with Crippen molar-refractivity contribution in [1.29, 1.82) is 0 Å². The minimum Gasteiger partial charge on any atom is -0.245 e. The van der Waals surface area contributed by atoms with Gasteiger partial charge in [0.1, 0.15) is 5.60 Å². The summed E-state index contributed by atoms with van der Waals surface area (Å²) in [6.07, 6.45) is 3.65. The molecule has 0 aromatic rings. The van der Waals surface area contributed by atoms with Crippen molar-refractivity contribution in [2.24, 2.45) is 5.92 Å². The SMILES string of the molecule is CC1CCC2(CC1)COS(=O)(=O)O2. The van der Waals surface area contributed by atoms with Crippen molar-refractivity contribution in [3.05, 3.63) is 0 Å². The lowest BCUT2D eigenvalue weighted by Crippen LogP contribution is -2.36. The van der Waals surface area contributed by atoms with Gasteiger partial charge in [0.2, 0.25) is 0 Å². The summed E-state index contributed by atoms with van der Waals surface area (Å²) >= 11 is 0. The van der Waals surface area contributed by atoms with Crippen LogP contribution in [0.3, 0.4) is 0 Å². The van der Waals surface area contributed by atoms with Gasteiger partial charge in [-0.05, 0) is 31.6 Å². The molecular formula is C8H14O4S. The van der Waals surface area contributed by atoms with Crippen molar-refractivity contribution in [3.8, 4) is 0 Å². The normalized spacial score (nSPS) is 43.9. The van der Waals surface area contributed by atoms with E-state index < -0.39 is 16.0 Å². The van der Waals surface area contributed by atoms with E-state index in [1.807, 2.05) is 0 Å². The maximum absolute atomic E-state index is 10.9. The Morgan fingerprint density at radius 2 is 1.92 bits per heavy atom. The largest absolute Gasteiger partial charge is 0.400 e. The van der Waals surface area contributed by atoms with Crippen LogP contribution in [0.1, 0.15) is 32.6 Å². The van der Waals surface area contributed by atoms with Crippen molar-refractivity contribution in [2.45, 2.75) is 38.2 Å². The van der Waals surface area contributed by atoms with Crippen LogP contribution >= 0.6 is 0 Å². The van der Waals surface area contributed by atoms with E-state index in [0.29, 0.717) is 5.92 Å². The van der Waals surface area contributed by atoms with Crippen LogP contribution < -0.4 is 0 Å². The molecule has 2 aliphatic rings. The van der Waals surface area contributed by atoms with Crippen LogP contribution in [0.25, 0.3) is 0 Å². The Labute approximate surface area is 78.6 Å². The lowest BCUT2D eigenvalue weighted by atomic mass is 9.80. The van der Waals surface area contributed by atoms with E-state index in [0.717, 1.165) is 25.7 Å². The van der Waals surface area contributed by atoms with Gasteiger partial charge in [-0.15, -0.1) is 0 Å². The Bertz CT molecular complexity index is 287.